The summed E-state index contributed by atoms with van der Waals surface area (Å²) in [5, 5.41) is 44.9. The molecule has 6 atom stereocenters. The number of aliphatic hydroxyl groups excluding tert-OH is 3. The highest BCUT2D eigenvalue weighted by molar-refractivity contribution is 5.77. The van der Waals surface area contributed by atoms with E-state index in [-0.39, 0.29) is 12.2 Å². The number of hydrogen-bond donors (Lipinski definition) is 5. The monoisotopic (exact) mass is 559 g/mol. The standard InChI is InChI=1S/C30H41NO9/c1-4-22(33)26(35)28-25(31-15(2)32)23(34)14-30(40-28,29(36)37)39-21-7-5-6-18(13-21)27(38-3)24-19-9-16-8-17(11-19)12-20(24)10-16/h5-7,13,16-17,19-20,22-23,25-26,28,33-35H,4,8-12,14H2,1-3H3,(H,31,32)(H,36,37). The summed E-state index contributed by atoms with van der Waals surface area (Å²) in [4.78, 5) is 24.4. The molecule has 4 saturated carbocycles. The summed E-state index contributed by atoms with van der Waals surface area (Å²) in [6.07, 6.45) is -0.0713. The molecule has 220 valence electrons. The number of ether oxygens (including phenoxy) is 3. The number of carboxylic acid groups (broad SMARTS) is 1. The molecule has 4 aliphatic carbocycles. The number of hydrogen-bond acceptors (Lipinski definition) is 8. The smallest absolute Gasteiger partial charge is 0.377 e. The van der Waals surface area contributed by atoms with Crippen LogP contribution >= 0.6 is 0 Å². The van der Waals surface area contributed by atoms with Gasteiger partial charge in [-0.05, 0) is 79.9 Å². The molecule has 6 rings (SSSR count). The van der Waals surface area contributed by atoms with Crippen molar-refractivity contribution in [2.24, 2.45) is 23.7 Å². The first kappa shape index (κ1) is 28.9. The van der Waals surface area contributed by atoms with Crippen molar-refractivity contribution in [3.63, 3.8) is 0 Å². The van der Waals surface area contributed by atoms with Gasteiger partial charge in [0.15, 0.2) is 0 Å². The van der Waals surface area contributed by atoms with E-state index in [1.807, 2.05) is 6.07 Å². The molecule has 0 radical (unpaired) electrons. The van der Waals surface area contributed by atoms with E-state index in [0.717, 1.165) is 23.2 Å². The van der Waals surface area contributed by atoms with Crippen molar-refractivity contribution >= 4 is 17.6 Å². The number of rotatable bonds is 9. The Balaban J connectivity index is 1.46. The Morgan fingerprint density at radius 1 is 1.12 bits per heavy atom. The van der Waals surface area contributed by atoms with Crippen molar-refractivity contribution < 1.29 is 44.2 Å². The van der Waals surface area contributed by atoms with Gasteiger partial charge in [0.2, 0.25) is 5.91 Å². The van der Waals surface area contributed by atoms with Gasteiger partial charge in [-0.1, -0.05) is 19.1 Å². The lowest BCUT2D eigenvalue weighted by atomic mass is 9.54. The second kappa shape index (κ2) is 11.3. The number of aliphatic carboxylic acids is 1. The Hall–Kier alpha value is -2.66. The van der Waals surface area contributed by atoms with E-state index in [2.05, 4.69) is 5.32 Å². The molecule has 1 aliphatic heterocycles. The van der Waals surface area contributed by atoms with E-state index in [0.29, 0.717) is 11.8 Å². The van der Waals surface area contributed by atoms with Gasteiger partial charge in [-0.2, -0.15) is 0 Å². The van der Waals surface area contributed by atoms with E-state index in [4.69, 9.17) is 14.2 Å². The lowest BCUT2D eigenvalue weighted by Crippen LogP contribution is -2.68. The van der Waals surface area contributed by atoms with Gasteiger partial charge in [0.25, 0.3) is 0 Å². The number of methoxy groups -OCH3 is 1. The molecule has 5 aliphatic rings. The fraction of sp³-hybridized carbons (Fsp3) is 0.667. The number of carboxylic acids is 1. The maximum atomic E-state index is 12.6. The summed E-state index contributed by atoms with van der Waals surface area (Å²) < 4.78 is 17.8. The Labute approximate surface area is 234 Å². The van der Waals surface area contributed by atoms with Crippen molar-refractivity contribution in [3.05, 3.63) is 35.4 Å². The van der Waals surface area contributed by atoms with E-state index >= 15 is 0 Å². The van der Waals surface area contributed by atoms with Gasteiger partial charge in [-0.3, -0.25) is 4.79 Å². The molecule has 6 unspecified atom stereocenters. The minimum Gasteiger partial charge on any atom is -0.496 e. The summed E-state index contributed by atoms with van der Waals surface area (Å²) in [6, 6.07) is 5.82. The highest BCUT2D eigenvalue weighted by atomic mass is 16.7. The lowest BCUT2D eigenvalue weighted by molar-refractivity contribution is -0.283. The zero-order chi connectivity index (χ0) is 28.8. The van der Waals surface area contributed by atoms with Gasteiger partial charge >= 0.3 is 11.8 Å². The molecular formula is C30H41NO9. The average Bonchev–Trinajstić information content (AvgIpc) is 2.90. The van der Waals surface area contributed by atoms with Crippen LogP contribution < -0.4 is 10.1 Å². The molecule has 40 heavy (non-hydrogen) atoms. The molecular weight excluding hydrogens is 518 g/mol. The normalized spacial score (nSPS) is 36.0. The number of benzene rings is 1. The summed E-state index contributed by atoms with van der Waals surface area (Å²) in [5.41, 5.74) is 2.12. The van der Waals surface area contributed by atoms with Crippen LogP contribution in [0.25, 0.3) is 5.76 Å². The summed E-state index contributed by atoms with van der Waals surface area (Å²) in [5.74, 6) is -0.821. The molecule has 5 N–H and O–H groups in total. The molecule has 10 heteroatoms. The topological polar surface area (TPSA) is 155 Å². The van der Waals surface area contributed by atoms with Crippen LogP contribution in [0.15, 0.2) is 29.8 Å². The van der Waals surface area contributed by atoms with Gasteiger partial charge in [0, 0.05) is 12.5 Å². The van der Waals surface area contributed by atoms with Crippen LogP contribution in [0, 0.1) is 23.7 Å². The van der Waals surface area contributed by atoms with Crippen LogP contribution in [0.5, 0.6) is 5.75 Å². The van der Waals surface area contributed by atoms with Gasteiger partial charge in [-0.25, -0.2) is 4.79 Å². The number of amides is 1. The van der Waals surface area contributed by atoms with Crippen LogP contribution in [0.4, 0.5) is 0 Å². The maximum absolute atomic E-state index is 12.6. The predicted octanol–water partition coefficient (Wildman–Crippen LogP) is 2.45. The lowest BCUT2D eigenvalue weighted by Gasteiger charge is -2.51. The summed E-state index contributed by atoms with van der Waals surface area (Å²) >= 11 is 0. The Morgan fingerprint density at radius 3 is 2.33 bits per heavy atom. The van der Waals surface area contributed by atoms with Crippen molar-refractivity contribution in [3.8, 4) is 5.75 Å². The zero-order valence-electron chi connectivity index (χ0n) is 23.3. The van der Waals surface area contributed by atoms with Gasteiger partial charge < -0.3 is 40.0 Å². The fourth-order valence-electron chi connectivity index (χ4n) is 7.72. The van der Waals surface area contributed by atoms with Crippen LogP contribution in [0.3, 0.4) is 0 Å². The van der Waals surface area contributed by atoms with E-state index < -0.39 is 54.5 Å². The fourth-order valence-corrected chi connectivity index (χ4v) is 7.72. The molecule has 1 saturated heterocycles. The Bertz CT molecular complexity index is 1120. The van der Waals surface area contributed by atoms with E-state index in [9.17, 15) is 30.0 Å². The molecule has 0 spiro atoms. The van der Waals surface area contributed by atoms with Crippen molar-refractivity contribution in [1.29, 1.82) is 0 Å². The largest absolute Gasteiger partial charge is 0.496 e. The first-order chi connectivity index (χ1) is 19.0. The molecule has 4 bridgehead atoms. The van der Waals surface area contributed by atoms with Crippen molar-refractivity contribution in [2.45, 2.75) is 95.0 Å². The molecule has 5 fully saturated rings. The second-order valence-corrected chi connectivity index (χ2v) is 12.0. The number of aliphatic hydroxyl groups is 3. The minimum atomic E-state index is -2.38. The quantitative estimate of drug-likeness (QED) is 0.287. The van der Waals surface area contributed by atoms with Gasteiger partial charge in [-0.15, -0.1) is 0 Å². The summed E-state index contributed by atoms with van der Waals surface area (Å²) in [6.45, 7) is 2.87. The van der Waals surface area contributed by atoms with E-state index in [1.54, 1.807) is 32.2 Å². The highest BCUT2D eigenvalue weighted by Gasteiger charge is 2.56. The van der Waals surface area contributed by atoms with Gasteiger partial charge in [0.05, 0.1) is 31.8 Å². The molecule has 1 aromatic rings. The van der Waals surface area contributed by atoms with Crippen LogP contribution in [-0.4, -0.2) is 75.7 Å². The minimum absolute atomic E-state index is 0.144. The summed E-state index contributed by atoms with van der Waals surface area (Å²) in [7, 11) is 1.66. The predicted molar refractivity (Wildman–Crippen MR) is 144 cm³/mol. The van der Waals surface area contributed by atoms with Gasteiger partial charge in [0.1, 0.15) is 23.7 Å². The van der Waals surface area contributed by atoms with Crippen molar-refractivity contribution in [1.82, 2.24) is 5.32 Å². The third kappa shape index (κ3) is 5.34. The zero-order valence-corrected chi connectivity index (χ0v) is 23.3. The number of carbonyl (C=O) groups excluding carboxylic acids is 1. The Kier molecular flexibility index (Phi) is 8.16. The molecule has 10 nitrogen and oxygen atoms in total. The average molecular weight is 560 g/mol. The van der Waals surface area contributed by atoms with Crippen LogP contribution in [0.2, 0.25) is 0 Å². The molecule has 1 heterocycles. The maximum Gasteiger partial charge on any atom is 0.377 e. The third-order valence-corrected chi connectivity index (χ3v) is 9.28. The highest BCUT2D eigenvalue weighted by Crippen LogP contribution is 2.58. The second-order valence-electron chi connectivity index (χ2n) is 12.0. The number of nitrogens with one attached hydrogen (secondary N) is 1. The molecule has 1 aromatic carbocycles. The van der Waals surface area contributed by atoms with Crippen molar-refractivity contribution in [2.75, 3.05) is 7.11 Å². The first-order valence-electron chi connectivity index (χ1n) is 14.3. The SMILES string of the molecule is CCC(O)C(O)C1OC(Oc2cccc(C(OC)=C3C4CC5CC(C4)CC3C5)c2)(C(=O)O)CC(O)C1NC(C)=O. The Morgan fingerprint density at radius 2 is 1.77 bits per heavy atom. The number of carbonyl (C=O) groups is 2. The molecule has 1 amide bonds. The van der Waals surface area contributed by atoms with Crippen LogP contribution in [0.1, 0.15) is 64.4 Å². The van der Waals surface area contributed by atoms with E-state index in [1.165, 1.54) is 44.6 Å². The molecule has 0 aromatic heterocycles. The number of allylic oxidation sites excluding steroid dienone is 1. The third-order valence-electron chi connectivity index (χ3n) is 9.28. The first-order valence-corrected chi connectivity index (χ1v) is 14.3. The van der Waals surface area contributed by atoms with Crippen LogP contribution in [-0.2, 0) is 19.1 Å².